The van der Waals surface area contributed by atoms with Crippen molar-refractivity contribution in [2.75, 3.05) is 0 Å². The van der Waals surface area contributed by atoms with Crippen LogP contribution < -0.4 is 11.3 Å². The molecule has 0 unspecified atom stereocenters. The molecular formula is C10H15N3O. The molecule has 1 aromatic rings. The summed E-state index contributed by atoms with van der Waals surface area (Å²) in [6.45, 7) is 3.83. The molecule has 0 spiro atoms. The molecule has 4 nitrogen and oxygen atoms in total. The van der Waals surface area contributed by atoms with Crippen molar-refractivity contribution >= 4 is 5.91 Å². The number of amides is 1. The van der Waals surface area contributed by atoms with Crippen molar-refractivity contribution < 1.29 is 4.79 Å². The Morgan fingerprint density at radius 1 is 1.36 bits per heavy atom. The number of nitrogens with two attached hydrogens (primary N) is 1. The third-order valence-corrected chi connectivity index (χ3v) is 1.64. The fourth-order valence-corrected chi connectivity index (χ4v) is 1.06. The Labute approximate surface area is 83.6 Å². The highest BCUT2D eigenvalue weighted by Crippen LogP contribution is 2.00. The number of nitrogens with zero attached hydrogens (tertiary/aromatic N) is 1. The molecule has 1 rings (SSSR count). The number of hydrazine groups is 2. The smallest absolute Gasteiger partial charge is 0.266 e. The lowest BCUT2D eigenvalue weighted by molar-refractivity contribution is 0.0631. The molecule has 0 aromatic heterocycles. The van der Waals surface area contributed by atoms with Crippen LogP contribution in [0.25, 0.3) is 0 Å². The van der Waals surface area contributed by atoms with Gasteiger partial charge < -0.3 is 0 Å². The third kappa shape index (κ3) is 2.83. The van der Waals surface area contributed by atoms with E-state index < -0.39 is 0 Å². The largest absolute Gasteiger partial charge is 0.282 e. The first-order valence-corrected chi connectivity index (χ1v) is 4.51. The number of hydrogen-bond acceptors (Lipinski definition) is 3. The van der Waals surface area contributed by atoms with E-state index >= 15 is 0 Å². The second-order valence-corrected chi connectivity index (χ2v) is 3.32. The summed E-state index contributed by atoms with van der Waals surface area (Å²) in [6, 6.07) is 9.04. The predicted molar refractivity (Wildman–Crippen MR) is 55.1 cm³/mol. The van der Waals surface area contributed by atoms with Crippen LogP contribution in [0.3, 0.4) is 0 Å². The highest BCUT2D eigenvalue weighted by Gasteiger charge is 2.11. The number of nitrogens with one attached hydrogen (secondary N) is 1. The van der Waals surface area contributed by atoms with E-state index in [0.29, 0.717) is 5.56 Å². The van der Waals surface area contributed by atoms with E-state index in [1.807, 2.05) is 19.9 Å². The normalized spacial score (nSPS) is 10.3. The molecule has 0 bridgehead atoms. The molecule has 0 aliphatic rings. The summed E-state index contributed by atoms with van der Waals surface area (Å²) in [5.74, 6) is 5.29. The lowest BCUT2D eigenvalue weighted by Crippen LogP contribution is -2.50. The van der Waals surface area contributed by atoms with Crippen LogP contribution in [0.4, 0.5) is 0 Å². The number of hydrogen-bond donors (Lipinski definition) is 2. The first-order chi connectivity index (χ1) is 6.61. The van der Waals surface area contributed by atoms with Crippen LogP contribution in [0, 0.1) is 0 Å². The average Bonchev–Trinajstić information content (AvgIpc) is 2.17. The zero-order valence-electron chi connectivity index (χ0n) is 8.40. The van der Waals surface area contributed by atoms with Crippen molar-refractivity contribution in [3.05, 3.63) is 35.9 Å². The summed E-state index contributed by atoms with van der Waals surface area (Å²) in [7, 11) is 0. The van der Waals surface area contributed by atoms with Crippen LogP contribution in [0.15, 0.2) is 30.3 Å². The van der Waals surface area contributed by atoms with Gasteiger partial charge in [0.1, 0.15) is 0 Å². The predicted octanol–water partition coefficient (Wildman–Crippen LogP) is 0.915. The van der Waals surface area contributed by atoms with Crippen molar-refractivity contribution in [2.24, 2.45) is 5.84 Å². The van der Waals surface area contributed by atoms with Gasteiger partial charge in [0.05, 0.1) is 0 Å². The molecule has 3 N–H and O–H groups in total. The summed E-state index contributed by atoms with van der Waals surface area (Å²) in [6.07, 6.45) is 0. The molecule has 1 aromatic carbocycles. The third-order valence-electron chi connectivity index (χ3n) is 1.64. The van der Waals surface area contributed by atoms with Crippen LogP contribution in [0.1, 0.15) is 24.2 Å². The number of carbonyl (C=O) groups is 1. The zero-order valence-corrected chi connectivity index (χ0v) is 8.40. The number of rotatable bonds is 3. The van der Waals surface area contributed by atoms with Gasteiger partial charge in [-0.25, -0.2) is 16.4 Å². The standard InChI is InChI=1S/C10H15N3O/c1-8(2)12-13(11)10(14)9-6-4-3-5-7-9/h3-8,12H,11H2,1-2H3. The second-order valence-electron chi connectivity index (χ2n) is 3.32. The lowest BCUT2D eigenvalue weighted by Gasteiger charge is -2.19. The SMILES string of the molecule is CC(C)NN(N)C(=O)c1ccccc1. The van der Waals surface area contributed by atoms with Crippen LogP contribution in [-0.4, -0.2) is 17.1 Å². The molecule has 0 heterocycles. The Morgan fingerprint density at radius 2 is 1.93 bits per heavy atom. The van der Waals surface area contributed by atoms with E-state index in [4.69, 9.17) is 5.84 Å². The van der Waals surface area contributed by atoms with Gasteiger partial charge in [-0.05, 0) is 26.0 Å². The molecule has 0 aliphatic carbocycles. The first kappa shape index (κ1) is 10.7. The van der Waals surface area contributed by atoms with Crippen LogP contribution in [0.5, 0.6) is 0 Å². The van der Waals surface area contributed by atoms with Crippen LogP contribution in [-0.2, 0) is 0 Å². The van der Waals surface area contributed by atoms with Gasteiger partial charge in [0.25, 0.3) is 5.91 Å². The van der Waals surface area contributed by atoms with E-state index in [9.17, 15) is 4.79 Å². The second kappa shape index (κ2) is 4.74. The van der Waals surface area contributed by atoms with Crippen molar-refractivity contribution in [3.8, 4) is 0 Å². The Balaban J connectivity index is 2.66. The maximum atomic E-state index is 11.6. The van der Waals surface area contributed by atoms with Crippen molar-refractivity contribution in [2.45, 2.75) is 19.9 Å². The van der Waals surface area contributed by atoms with Gasteiger partial charge >= 0.3 is 0 Å². The van der Waals surface area contributed by atoms with Gasteiger partial charge in [0.15, 0.2) is 0 Å². The molecule has 0 radical (unpaired) electrons. The summed E-state index contributed by atoms with van der Waals surface area (Å²) in [5, 5.41) is 1.01. The quantitative estimate of drug-likeness (QED) is 0.426. The van der Waals surface area contributed by atoms with E-state index in [2.05, 4.69) is 5.43 Å². The van der Waals surface area contributed by atoms with Gasteiger partial charge in [0.2, 0.25) is 0 Å². The van der Waals surface area contributed by atoms with Gasteiger partial charge in [-0.15, -0.1) is 0 Å². The molecule has 0 saturated heterocycles. The fraction of sp³-hybridized carbons (Fsp3) is 0.300. The minimum atomic E-state index is -0.237. The monoisotopic (exact) mass is 193 g/mol. The van der Waals surface area contributed by atoms with E-state index in [1.165, 1.54) is 0 Å². The minimum absolute atomic E-state index is 0.132. The highest BCUT2D eigenvalue weighted by atomic mass is 16.2. The minimum Gasteiger partial charge on any atom is -0.266 e. The Morgan fingerprint density at radius 3 is 2.43 bits per heavy atom. The first-order valence-electron chi connectivity index (χ1n) is 4.51. The van der Waals surface area contributed by atoms with Crippen molar-refractivity contribution in [1.29, 1.82) is 0 Å². The molecule has 0 saturated carbocycles. The molecular weight excluding hydrogens is 178 g/mol. The van der Waals surface area contributed by atoms with E-state index in [0.717, 1.165) is 5.12 Å². The molecule has 0 fully saturated rings. The summed E-state index contributed by atoms with van der Waals surface area (Å²) in [4.78, 5) is 11.6. The Kier molecular flexibility index (Phi) is 3.62. The van der Waals surface area contributed by atoms with E-state index in [-0.39, 0.29) is 11.9 Å². The fourth-order valence-electron chi connectivity index (χ4n) is 1.06. The molecule has 0 atom stereocenters. The van der Waals surface area contributed by atoms with Gasteiger partial charge in [-0.2, -0.15) is 0 Å². The average molecular weight is 193 g/mol. The number of benzene rings is 1. The Hall–Kier alpha value is -1.39. The zero-order chi connectivity index (χ0) is 10.6. The topological polar surface area (TPSA) is 58.4 Å². The highest BCUT2D eigenvalue weighted by molar-refractivity contribution is 5.93. The molecule has 4 heteroatoms. The van der Waals surface area contributed by atoms with Crippen molar-refractivity contribution in [1.82, 2.24) is 10.5 Å². The maximum Gasteiger partial charge on any atom is 0.282 e. The molecule has 14 heavy (non-hydrogen) atoms. The molecule has 1 amide bonds. The molecule has 0 aliphatic heterocycles. The summed E-state index contributed by atoms with van der Waals surface area (Å²) in [5.41, 5.74) is 3.37. The van der Waals surface area contributed by atoms with Crippen LogP contribution in [0.2, 0.25) is 0 Å². The lowest BCUT2D eigenvalue weighted by atomic mass is 10.2. The molecule has 76 valence electrons. The van der Waals surface area contributed by atoms with Crippen molar-refractivity contribution in [3.63, 3.8) is 0 Å². The maximum absolute atomic E-state index is 11.6. The summed E-state index contributed by atoms with van der Waals surface area (Å²) < 4.78 is 0. The number of carbonyl (C=O) groups excluding carboxylic acids is 1. The summed E-state index contributed by atoms with van der Waals surface area (Å²) >= 11 is 0. The van der Waals surface area contributed by atoms with Gasteiger partial charge in [-0.3, -0.25) is 4.79 Å². The van der Waals surface area contributed by atoms with E-state index in [1.54, 1.807) is 24.3 Å². The van der Waals surface area contributed by atoms with Crippen LogP contribution >= 0.6 is 0 Å². The van der Waals surface area contributed by atoms with Gasteiger partial charge in [0, 0.05) is 11.6 Å². The Bertz CT molecular complexity index is 297. The van der Waals surface area contributed by atoms with Gasteiger partial charge in [-0.1, -0.05) is 18.2 Å².